The highest BCUT2D eigenvalue weighted by Gasteiger charge is 2.31. The van der Waals surface area contributed by atoms with Gasteiger partial charge in [0.2, 0.25) is 0 Å². The van der Waals surface area contributed by atoms with Gasteiger partial charge in [0.15, 0.2) is 0 Å². The van der Waals surface area contributed by atoms with E-state index in [1.54, 1.807) is 23.1 Å². The van der Waals surface area contributed by atoms with E-state index in [1.165, 1.54) is 4.88 Å². The summed E-state index contributed by atoms with van der Waals surface area (Å²) < 4.78 is 0. The molecule has 5 heteroatoms. The molecule has 1 aliphatic carbocycles. The molecule has 0 aromatic carbocycles. The molecular weight excluding hydrogens is 218 g/mol. The van der Waals surface area contributed by atoms with Gasteiger partial charge in [-0.1, -0.05) is 0 Å². The molecule has 1 aromatic heterocycles. The van der Waals surface area contributed by atoms with Crippen molar-refractivity contribution in [1.29, 1.82) is 0 Å². The van der Waals surface area contributed by atoms with Crippen molar-refractivity contribution in [2.45, 2.75) is 24.5 Å². The number of aliphatic carboxylic acids is 1. The van der Waals surface area contributed by atoms with E-state index in [2.05, 4.69) is 4.98 Å². The first-order valence-electron chi connectivity index (χ1n) is 4.42. The summed E-state index contributed by atoms with van der Waals surface area (Å²) in [6, 6.07) is 0. The van der Waals surface area contributed by atoms with Crippen molar-refractivity contribution in [2.24, 2.45) is 0 Å². The highest BCUT2D eigenvalue weighted by Crippen LogP contribution is 2.37. The zero-order valence-electron chi connectivity index (χ0n) is 7.82. The summed E-state index contributed by atoms with van der Waals surface area (Å²) in [6.07, 6.45) is 3.64. The second-order valence-corrected chi connectivity index (χ2v) is 5.31. The molecule has 1 aromatic rings. The second kappa shape index (κ2) is 3.90. The van der Waals surface area contributed by atoms with Crippen LogP contribution in [0.25, 0.3) is 0 Å². The van der Waals surface area contributed by atoms with Crippen LogP contribution in [0.4, 0.5) is 0 Å². The van der Waals surface area contributed by atoms with E-state index in [4.69, 9.17) is 5.11 Å². The van der Waals surface area contributed by atoms with Crippen LogP contribution in [0.15, 0.2) is 0 Å². The minimum Gasteiger partial charge on any atom is -0.481 e. The third-order valence-corrected chi connectivity index (χ3v) is 4.20. The number of thioether (sulfide) groups is 1. The largest absolute Gasteiger partial charge is 0.481 e. The summed E-state index contributed by atoms with van der Waals surface area (Å²) >= 11 is 3.39. The highest BCUT2D eigenvalue weighted by molar-refractivity contribution is 7.97. The lowest BCUT2D eigenvalue weighted by molar-refractivity contribution is -0.138. The van der Waals surface area contributed by atoms with Gasteiger partial charge in [-0.2, -0.15) is 11.8 Å². The van der Waals surface area contributed by atoms with Gasteiger partial charge >= 0.3 is 5.97 Å². The number of fused-ring (bicyclic) bond motifs is 1. The number of carboxylic acids is 1. The fraction of sp³-hybridized carbons (Fsp3) is 0.556. The maximum absolute atomic E-state index is 10.9. The third-order valence-electron chi connectivity index (χ3n) is 2.33. The first-order valence-corrected chi connectivity index (χ1v) is 6.63. The number of aromatic nitrogens is 1. The predicted molar refractivity (Wildman–Crippen MR) is 58.0 cm³/mol. The molecule has 0 saturated carbocycles. The molecule has 14 heavy (non-hydrogen) atoms. The Hall–Kier alpha value is -0.550. The number of thiazole rings is 1. The Morgan fingerprint density at radius 3 is 3.21 bits per heavy atom. The normalized spacial score (nSPS) is 19.6. The standard InChI is InChI=1S/C9H11NO2S2/c1-13-4-7-10-8-5(9(11)12)2-3-6(8)14-7/h5H,2-4H2,1H3,(H,11,12). The average Bonchev–Trinajstić information content (AvgIpc) is 2.62. The highest BCUT2D eigenvalue weighted by atomic mass is 32.2. The lowest BCUT2D eigenvalue weighted by Crippen LogP contribution is -2.08. The van der Waals surface area contributed by atoms with E-state index in [0.717, 1.165) is 29.3 Å². The molecule has 1 heterocycles. The fourth-order valence-corrected chi connectivity index (χ4v) is 3.54. The molecule has 0 bridgehead atoms. The van der Waals surface area contributed by atoms with E-state index in [0.29, 0.717) is 0 Å². The van der Waals surface area contributed by atoms with Crippen molar-refractivity contribution in [3.63, 3.8) is 0 Å². The first-order chi connectivity index (χ1) is 6.72. The Kier molecular flexibility index (Phi) is 2.78. The van der Waals surface area contributed by atoms with Crippen LogP contribution in [0.1, 0.15) is 27.9 Å². The number of aryl methyl sites for hydroxylation is 1. The Morgan fingerprint density at radius 1 is 1.79 bits per heavy atom. The molecule has 2 rings (SSSR count). The average molecular weight is 229 g/mol. The SMILES string of the molecule is CSCc1nc2c(s1)CCC2C(=O)O. The maximum atomic E-state index is 10.9. The monoisotopic (exact) mass is 229 g/mol. The molecule has 0 aliphatic heterocycles. The smallest absolute Gasteiger partial charge is 0.312 e. The van der Waals surface area contributed by atoms with Crippen molar-refractivity contribution in [1.82, 2.24) is 4.98 Å². The molecule has 0 saturated heterocycles. The number of hydrogen-bond donors (Lipinski definition) is 1. The summed E-state index contributed by atoms with van der Waals surface area (Å²) in [5, 5.41) is 10.0. The van der Waals surface area contributed by atoms with Crippen LogP contribution in [0.2, 0.25) is 0 Å². The second-order valence-electron chi connectivity index (χ2n) is 3.28. The van der Waals surface area contributed by atoms with Crippen LogP contribution in [0.3, 0.4) is 0 Å². The van der Waals surface area contributed by atoms with Gasteiger partial charge in [-0.25, -0.2) is 4.98 Å². The van der Waals surface area contributed by atoms with Crippen molar-refractivity contribution in [2.75, 3.05) is 6.26 Å². The van der Waals surface area contributed by atoms with E-state index in [-0.39, 0.29) is 5.92 Å². The van der Waals surface area contributed by atoms with Crippen molar-refractivity contribution in [3.05, 3.63) is 15.6 Å². The van der Waals surface area contributed by atoms with Crippen LogP contribution in [-0.4, -0.2) is 22.3 Å². The van der Waals surface area contributed by atoms with Gasteiger partial charge in [0.25, 0.3) is 0 Å². The Bertz CT molecular complexity index is 362. The van der Waals surface area contributed by atoms with Gasteiger partial charge in [0, 0.05) is 10.6 Å². The van der Waals surface area contributed by atoms with Gasteiger partial charge in [-0.3, -0.25) is 4.79 Å². The van der Waals surface area contributed by atoms with Crippen LogP contribution in [0.5, 0.6) is 0 Å². The van der Waals surface area contributed by atoms with E-state index in [9.17, 15) is 4.79 Å². The number of rotatable bonds is 3. The van der Waals surface area contributed by atoms with Crippen LogP contribution < -0.4 is 0 Å². The fourth-order valence-electron chi connectivity index (χ4n) is 1.70. The molecule has 0 radical (unpaired) electrons. The molecular formula is C9H11NO2S2. The summed E-state index contributed by atoms with van der Waals surface area (Å²) in [5.74, 6) is -0.189. The number of nitrogens with zero attached hydrogens (tertiary/aromatic N) is 1. The van der Waals surface area contributed by atoms with Gasteiger partial charge in [-0.05, 0) is 19.1 Å². The maximum Gasteiger partial charge on any atom is 0.312 e. The summed E-state index contributed by atoms with van der Waals surface area (Å²) in [4.78, 5) is 16.5. The summed E-state index contributed by atoms with van der Waals surface area (Å²) in [6.45, 7) is 0. The lowest BCUT2D eigenvalue weighted by atomic mass is 10.1. The van der Waals surface area contributed by atoms with Gasteiger partial charge in [0.1, 0.15) is 10.9 Å². The molecule has 1 aliphatic rings. The van der Waals surface area contributed by atoms with E-state index >= 15 is 0 Å². The molecule has 1 atom stereocenters. The molecule has 1 N–H and O–H groups in total. The minimum absolute atomic E-state index is 0.350. The quantitative estimate of drug-likeness (QED) is 0.862. The zero-order chi connectivity index (χ0) is 10.1. The molecule has 3 nitrogen and oxygen atoms in total. The van der Waals surface area contributed by atoms with Crippen molar-refractivity contribution >= 4 is 29.1 Å². The summed E-state index contributed by atoms with van der Waals surface area (Å²) in [7, 11) is 0. The molecule has 0 spiro atoms. The molecule has 76 valence electrons. The predicted octanol–water partition coefficient (Wildman–Crippen LogP) is 2.12. The number of hydrogen-bond acceptors (Lipinski definition) is 4. The van der Waals surface area contributed by atoms with Crippen LogP contribution >= 0.6 is 23.1 Å². The Morgan fingerprint density at radius 2 is 2.57 bits per heavy atom. The lowest BCUT2D eigenvalue weighted by Gasteiger charge is -2.00. The number of carbonyl (C=O) groups is 1. The van der Waals surface area contributed by atoms with Crippen LogP contribution in [-0.2, 0) is 17.0 Å². The van der Waals surface area contributed by atoms with Crippen molar-refractivity contribution in [3.8, 4) is 0 Å². The topological polar surface area (TPSA) is 50.2 Å². The third kappa shape index (κ3) is 1.66. The molecule has 1 unspecified atom stereocenters. The van der Waals surface area contributed by atoms with Gasteiger partial charge in [0.05, 0.1) is 5.69 Å². The van der Waals surface area contributed by atoms with Gasteiger partial charge in [-0.15, -0.1) is 11.3 Å². The van der Waals surface area contributed by atoms with E-state index in [1.807, 2.05) is 6.26 Å². The first kappa shape index (κ1) is 9.98. The Balaban J connectivity index is 2.26. The number of carboxylic acid groups (broad SMARTS) is 1. The summed E-state index contributed by atoms with van der Waals surface area (Å²) in [5.41, 5.74) is 0.826. The van der Waals surface area contributed by atoms with Crippen molar-refractivity contribution < 1.29 is 9.90 Å². The van der Waals surface area contributed by atoms with Gasteiger partial charge < -0.3 is 5.11 Å². The molecule has 0 fully saturated rings. The Labute approximate surface area is 90.6 Å². The van der Waals surface area contributed by atoms with Crippen LogP contribution in [0, 0.1) is 0 Å². The molecule has 0 amide bonds. The minimum atomic E-state index is -0.732. The zero-order valence-corrected chi connectivity index (χ0v) is 9.45. The van der Waals surface area contributed by atoms with E-state index < -0.39 is 5.97 Å².